The minimum absolute atomic E-state index is 0.264. The van der Waals surface area contributed by atoms with E-state index in [9.17, 15) is 0 Å². The Kier molecular flexibility index (Phi) is 3.18. The van der Waals surface area contributed by atoms with Crippen molar-refractivity contribution in [3.05, 3.63) is 42.4 Å². The van der Waals surface area contributed by atoms with Gasteiger partial charge in [-0.25, -0.2) is 15.8 Å². The Morgan fingerprint density at radius 1 is 1.25 bits per heavy atom. The number of para-hydroxylation sites is 1. The fourth-order valence-corrected chi connectivity index (χ4v) is 1.91. The largest absolute Gasteiger partial charge is 0.486 e. The first-order valence-corrected chi connectivity index (χ1v) is 6.11. The zero-order valence-electron chi connectivity index (χ0n) is 10.9. The third kappa shape index (κ3) is 2.26. The molecule has 0 unspecified atom stereocenters. The number of nitrogen functional groups attached to an aromatic ring is 1. The molecule has 7 heteroatoms. The molecule has 0 atom stereocenters. The van der Waals surface area contributed by atoms with Gasteiger partial charge in [-0.1, -0.05) is 18.2 Å². The van der Waals surface area contributed by atoms with E-state index in [1.165, 1.54) is 0 Å². The summed E-state index contributed by atoms with van der Waals surface area (Å²) in [4.78, 5) is 8.75. The van der Waals surface area contributed by atoms with Crippen LogP contribution in [-0.2, 0) is 13.7 Å². The minimum atomic E-state index is 0.264. The van der Waals surface area contributed by atoms with Gasteiger partial charge < -0.3 is 10.2 Å². The number of ether oxygens (including phenoxy) is 1. The Hall–Kier alpha value is -2.67. The van der Waals surface area contributed by atoms with Crippen molar-refractivity contribution in [3.63, 3.8) is 0 Å². The SMILES string of the molecule is Cn1ncc2c(NN)nc(COc3ccccc3)nc21. The number of nitrogens with one attached hydrogen (secondary N) is 1. The first-order valence-electron chi connectivity index (χ1n) is 6.11. The number of benzene rings is 1. The molecule has 0 saturated carbocycles. The van der Waals surface area contributed by atoms with E-state index in [-0.39, 0.29) is 6.61 Å². The highest BCUT2D eigenvalue weighted by atomic mass is 16.5. The van der Waals surface area contributed by atoms with Crippen molar-refractivity contribution in [1.29, 1.82) is 0 Å². The van der Waals surface area contributed by atoms with Crippen molar-refractivity contribution in [2.75, 3.05) is 5.43 Å². The molecule has 0 saturated heterocycles. The second-order valence-corrected chi connectivity index (χ2v) is 4.24. The summed E-state index contributed by atoms with van der Waals surface area (Å²) < 4.78 is 7.30. The second kappa shape index (κ2) is 5.14. The van der Waals surface area contributed by atoms with Crippen LogP contribution in [-0.4, -0.2) is 19.7 Å². The molecule has 2 aromatic heterocycles. The van der Waals surface area contributed by atoms with E-state index in [1.807, 2.05) is 37.4 Å². The van der Waals surface area contributed by atoms with Crippen molar-refractivity contribution >= 4 is 16.9 Å². The second-order valence-electron chi connectivity index (χ2n) is 4.24. The number of nitrogens with zero attached hydrogens (tertiary/aromatic N) is 4. The van der Waals surface area contributed by atoms with Gasteiger partial charge in [-0.2, -0.15) is 5.10 Å². The zero-order valence-corrected chi connectivity index (χ0v) is 10.9. The van der Waals surface area contributed by atoms with Crippen LogP contribution >= 0.6 is 0 Å². The van der Waals surface area contributed by atoms with E-state index in [4.69, 9.17) is 10.6 Å². The number of aryl methyl sites for hydroxylation is 1. The average Bonchev–Trinajstić information content (AvgIpc) is 2.87. The molecule has 20 heavy (non-hydrogen) atoms. The highest BCUT2D eigenvalue weighted by molar-refractivity contribution is 5.86. The Morgan fingerprint density at radius 2 is 2.05 bits per heavy atom. The third-order valence-electron chi connectivity index (χ3n) is 2.89. The average molecular weight is 270 g/mol. The van der Waals surface area contributed by atoms with Gasteiger partial charge >= 0.3 is 0 Å². The van der Waals surface area contributed by atoms with E-state index in [0.29, 0.717) is 17.3 Å². The summed E-state index contributed by atoms with van der Waals surface area (Å²) in [6.07, 6.45) is 1.67. The summed E-state index contributed by atoms with van der Waals surface area (Å²) in [7, 11) is 1.82. The Balaban J connectivity index is 1.89. The summed E-state index contributed by atoms with van der Waals surface area (Å²) >= 11 is 0. The molecular formula is C13H14N6O. The van der Waals surface area contributed by atoms with Crippen LogP contribution in [0, 0.1) is 0 Å². The van der Waals surface area contributed by atoms with Crippen molar-refractivity contribution in [3.8, 4) is 5.75 Å². The van der Waals surface area contributed by atoms with Crippen molar-refractivity contribution < 1.29 is 4.74 Å². The Morgan fingerprint density at radius 3 is 2.80 bits per heavy atom. The van der Waals surface area contributed by atoms with Crippen LogP contribution in [0.5, 0.6) is 5.75 Å². The van der Waals surface area contributed by atoms with Crippen molar-refractivity contribution in [2.24, 2.45) is 12.9 Å². The fraction of sp³-hybridized carbons (Fsp3) is 0.154. The standard InChI is InChI=1S/C13H14N6O/c1-19-13-10(7-15-19)12(18-14)16-11(17-13)8-20-9-5-3-2-4-6-9/h2-7H,8,14H2,1H3,(H,16,17,18). The van der Waals surface area contributed by atoms with Crippen LogP contribution in [0.2, 0.25) is 0 Å². The Labute approximate surface area is 115 Å². The number of hydrazine groups is 1. The van der Waals surface area contributed by atoms with E-state index in [1.54, 1.807) is 10.9 Å². The predicted octanol–water partition coefficient (Wildman–Crippen LogP) is 1.23. The summed E-state index contributed by atoms with van der Waals surface area (Å²) in [5.74, 6) is 7.33. The highest BCUT2D eigenvalue weighted by Gasteiger charge is 2.11. The summed E-state index contributed by atoms with van der Waals surface area (Å²) in [6, 6.07) is 9.51. The molecule has 3 N–H and O–H groups in total. The molecular weight excluding hydrogens is 256 g/mol. The van der Waals surface area contributed by atoms with Gasteiger partial charge in [-0.3, -0.25) is 4.68 Å². The fourth-order valence-electron chi connectivity index (χ4n) is 1.91. The maximum atomic E-state index is 5.63. The quantitative estimate of drug-likeness (QED) is 0.547. The molecule has 3 aromatic rings. The van der Waals surface area contributed by atoms with E-state index < -0.39 is 0 Å². The maximum Gasteiger partial charge on any atom is 0.170 e. The Bertz CT molecular complexity index is 724. The number of rotatable bonds is 4. The zero-order chi connectivity index (χ0) is 13.9. The van der Waals surface area contributed by atoms with Crippen LogP contribution < -0.4 is 16.0 Å². The van der Waals surface area contributed by atoms with Gasteiger partial charge in [0.25, 0.3) is 0 Å². The summed E-state index contributed by atoms with van der Waals surface area (Å²) in [6.45, 7) is 0.264. The van der Waals surface area contributed by atoms with Gasteiger partial charge in [0.15, 0.2) is 17.3 Å². The van der Waals surface area contributed by atoms with Gasteiger partial charge in [0.05, 0.1) is 11.6 Å². The molecule has 0 fully saturated rings. The van der Waals surface area contributed by atoms with Gasteiger partial charge in [0.2, 0.25) is 0 Å². The molecule has 7 nitrogen and oxygen atoms in total. The van der Waals surface area contributed by atoms with E-state index >= 15 is 0 Å². The molecule has 0 radical (unpaired) electrons. The minimum Gasteiger partial charge on any atom is -0.486 e. The van der Waals surface area contributed by atoms with Crippen molar-refractivity contribution in [1.82, 2.24) is 19.7 Å². The lowest BCUT2D eigenvalue weighted by Gasteiger charge is -2.07. The van der Waals surface area contributed by atoms with E-state index in [2.05, 4.69) is 20.5 Å². The number of nitrogens with two attached hydrogens (primary N) is 1. The van der Waals surface area contributed by atoms with Gasteiger partial charge in [0, 0.05) is 7.05 Å². The van der Waals surface area contributed by atoms with Crippen LogP contribution in [0.4, 0.5) is 5.82 Å². The molecule has 0 aliphatic rings. The van der Waals surface area contributed by atoms with Crippen LogP contribution in [0.15, 0.2) is 36.5 Å². The lowest BCUT2D eigenvalue weighted by molar-refractivity contribution is 0.296. The maximum absolute atomic E-state index is 5.63. The van der Waals surface area contributed by atoms with Gasteiger partial charge in [-0.05, 0) is 12.1 Å². The lowest BCUT2D eigenvalue weighted by Crippen LogP contribution is -2.12. The number of fused-ring (bicyclic) bond motifs is 1. The molecule has 3 rings (SSSR count). The molecule has 0 spiro atoms. The summed E-state index contributed by atoms with van der Waals surface area (Å²) in [5.41, 5.74) is 3.27. The molecule has 0 aliphatic carbocycles. The van der Waals surface area contributed by atoms with Gasteiger partial charge in [-0.15, -0.1) is 0 Å². The molecule has 2 heterocycles. The smallest absolute Gasteiger partial charge is 0.170 e. The van der Waals surface area contributed by atoms with Gasteiger partial charge in [0.1, 0.15) is 12.4 Å². The molecule has 0 aliphatic heterocycles. The topological polar surface area (TPSA) is 90.9 Å². The number of aromatic nitrogens is 4. The normalized spacial score (nSPS) is 10.7. The molecule has 102 valence electrons. The lowest BCUT2D eigenvalue weighted by atomic mass is 10.3. The monoisotopic (exact) mass is 270 g/mol. The predicted molar refractivity (Wildman–Crippen MR) is 74.9 cm³/mol. The summed E-state index contributed by atoms with van der Waals surface area (Å²) in [5, 5.41) is 4.92. The number of anilines is 1. The van der Waals surface area contributed by atoms with Crippen LogP contribution in [0.3, 0.4) is 0 Å². The number of hydrogen-bond donors (Lipinski definition) is 2. The third-order valence-corrected chi connectivity index (χ3v) is 2.89. The van der Waals surface area contributed by atoms with Crippen molar-refractivity contribution in [2.45, 2.75) is 6.61 Å². The molecule has 0 amide bonds. The first kappa shape index (κ1) is 12.4. The van der Waals surface area contributed by atoms with E-state index in [0.717, 1.165) is 11.1 Å². The molecule has 0 bridgehead atoms. The van der Waals surface area contributed by atoms with Crippen LogP contribution in [0.25, 0.3) is 11.0 Å². The number of hydrogen-bond acceptors (Lipinski definition) is 6. The van der Waals surface area contributed by atoms with Crippen LogP contribution in [0.1, 0.15) is 5.82 Å². The molecule has 1 aromatic carbocycles. The first-order chi connectivity index (χ1) is 9.78. The highest BCUT2D eigenvalue weighted by Crippen LogP contribution is 2.19.